The van der Waals surface area contributed by atoms with E-state index in [0.29, 0.717) is 17.2 Å². The zero-order chi connectivity index (χ0) is 21.7. The van der Waals surface area contributed by atoms with E-state index in [1.165, 1.54) is 38.5 Å². The molecule has 0 aliphatic rings. The maximum Gasteiger partial charge on any atom is 0.263 e. The largest absolute Gasteiger partial charge is 0.497 e. The van der Waals surface area contributed by atoms with E-state index >= 15 is 0 Å². The molecule has 0 fully saturated rings. The number of benzene rings is 3. The first-order valence-electron chi connectivity index (χ1n) is 8.75. The highest BCUT2D eigenvalue weighted by atomic mass is 35.5. The summed E-state index contributed by atoms with van der Waals surface area (Å²) in [6, 6.07) is 17.2. The Morgan fingerprint density at radius 1 is 0.900 bits per heavy atom. The number of para-hydroxylation sites is 1. The van der Waals surface area contributed by atoms with Crippen LogP contribution in [-0.2, 0) is 10.0 Å². The van der Waals surface area contributed by atoms with Crippen LogP contribution in [0.15, 0.2) is 71.6 Å². The summed E-state index contributed by atoms with van der Waals surface area (Å²) in [6.45, 7) is 0. The van der Waals surface area contributed by atoms with Crippen molar-refractivity contribution >= 4 is 38.9 Å². The second kappa shape index (κ2) is 9.06. The minimum absolute atomic E-state index is 0.0786. The predicted octanol–water partition coefficient (Wildman–Crippen LogP) is 4.41. The minimum atomic E-state index is -4.00. The molecule has 0 aliphatic heterocycles. The van der Waals surface area contributed by atoms with Crippen LogP contribution in [0, 0.1) is 0 Å². The number of hydrogen-bond acceptors (Lipinski definition) is 5. The number of hydrogen-bond donors (Lipinski definition) is 2. The third-order valence-electron chi connectivity index (χ3n) is 4.20. The summed E-state index contributed by atoms with van der Waals surface area (Å²) in [7, 11) is -1.01. The van der Waals surface area contributed by atoms with Crippen molar-refractivity contribution in [3.63, 3.8) is 0 Å². The first-order chi connectivity index (χ1) is 14.4. The lowest BCUT2D eigenvalue weighted by molar-refractivity contribution is 0.102. The highest BCUT2D eigenvalue weighted by Crippen LogP contribution is 2.30. The first-order valence-corrected chi connectivity index (χ1v) is 10.6. The molecule has 1 amide bonds. The Morgan fingerprint density at radius 2 is 1.60 bits per heavy atom. The van der Waals surface area contributed by atoms with Gasteiger partial charge in [0.05, 0.1) is 36.2 Å². The number of anilines is 2. The van der Waals surface area contributed by atoms with Gasteiger partial charge in [-0.05, 0) is 36.4 Å². The lowest BCUT2D eigenvalue weighted by Crippen LogP contribution is -2.19. The summed E-state index contributed by atoms with van der Waals surface area (Å²) >= 11 is 6.02. The molecule has 0 bridgehead atoms. The van der Waals surface area contributed by atoms with Crippen LogP contribution in [0.4, 0.5) is 11.4 Å². The van der Waals surface area contributed by atoms with E-state index in [1.807, 2.05) is 0 Å². The van der Waals surface area contributed by atoms with Crippen LogP contribution in [0.5, 0.6) is 11.5 Å². The fourth-order valence-electron chi connectivity index (χ4n) is 2.72. The van der Waals surface area contributed by atoms with Crippen molar-refractivity contribution in [1.82, 2.24) is 0 Å². The van der Waals surface area contributed by atoms with Crippen molar-refractivity contribution in [1.29, 1.82) is 0 Å². The van der Waals surface area contributed by atoms with E-state index in [4.69, 9.17) is 21.1 Å². The number of halogens is 1. The number of sulfonamides is 1. The standard InChI is InChI=1S/C21H19ClN2O5S/c1-28-14-11-12-18(19(13-14)29-2)23-21(25)15-7-3-5-9-17(15)24-30(26,27)20-10-6-4-8-16(20)22/h3-13,24H,1-2H3,(H,23,25). The number of amides is 1. The number of carbonyl (C=O) groups is 1. The van der Waals surface area contributed by atoms with E-state index in [9.17, 15) is 13.2 Å². The molecule has 0 saturated heterocycles. The average Bonchev–Trinajstić information content (AvgIpc) is 2.74. The highest BCUT2D eigenvalue weighted by molar-refractivity contribution is 7.92. The molecule has 3 aromatic carbocycles. The Bertz CT molecular complexity index is 1180. The van der Waals surface area contributed by atoms with Crippen LogP contribution in [0.1, 0.15) is 10.4 Å². The Hall–Kier alpha value is -3.23. The zero-order valence-electron chi connectivity index (χ0n) is 16.2. The molecule has 0 unspecified atom stereocenters. The van der Waals surface area contributed by atoms with E-state index in [1.54, 1.807) is 42.5 Å². The molecule has 0 aliphatic carbocycles. The Morgan fingerprint density at radius 3 is 2.30 bits per heavy atom. The van der Waals surface area contributed by atoms with Crippen LogP contribution in [-0.4, -0.2) is 28.5 Å². The van der Waals surface area contributed by atoms with Gasteiger partial charge in [0.25, 0.3) is 15.9 Å². The molecule has 0 spiro atoms. The lowest BCUT2D eigenvalue weighted by atomic mass is 10.1. The number of carbonyl (C=O) groups excluding carboxylic acids is 1. The molecule has 3 aromatic rings. The smallest absolute Gasteiger partial charge is 0.263 e. The number of nitrogens with one attached hydrogen (secondary N) is 2. The maximum atomic E-state index is 12.9. The van der Waals surface area contributed by atoms with E-state index < -0.39 is 15.9 Å². The van der Waals surface area contributed by atoms with Gasteiger partial charge in [-0.3, -0.25) is 9.52 Å². The van der Waals surface area contributed by atoms with Gasteiger partial charge in [0.2, 0.25) is 0 Å². The van der Waals surface area contributed by atoms with Gasteiger partial charge in [0, 0.05) is 6.07 Å². The summed E-state index contributed by atoms with van der Waals surface area (Å²) < 4.78 is 38.4. The van der Waals surface area contributed by atoms with E-state index in [0.717, 1.165) is 0 Å². The molecule has 30 heavy (non-hydrogen) atoms. The number of ether oxygens (including phenoxy) is 2. The van der Waals surface area contributed by atoms with Gasteiger partial charge in [-0.1, -0.05) is 35.9 Å². The zero-order valence-corrected chi connectivity index (χ0v) is 17.8. The molecular weight excluding hydrogens is 428 g/mol. The van der Waals surface area contributed by atoms with Gasteiger partial charge in [-0.25, -0.2) is 8.42 Å². The fraction of sp³-hybridized carbons (Fsp3) is 0.0952. The third-order valence-corrected chi connectivity index (χ3v) is 6.06. The van der Waals surface area contributed by atoms with Crippen LogP contribution in [0.2, 0.25) is 5.02 Å². The molecule has 0 aromatic heterocycles. The fourth-order valence-corrected chi connectivity index (χ4v) is 4.32. The summed E-state index contributed by atoms with van der Waals surface area (Å²) in [5.41, 5.74) is 0.653. The Labute approximate surface area is 179 Å². The van der Waals surface area contributed by atoms with Crippen molar-refractivity contribution in [2.24, 2.45) is 0 Å². The van der Waals surface area contributed by atoms with Crippen molar-refractivity contribution in [2.45, 2.75) is 4.90 Å². The van der Waals surface area contributed by atoms with Crippen LogP contribution in [0.3, 0.4) is 0 Å². The van der Waals surface area contributed by atoms with Crippen LogP contribution in [0.25, 0.3) is 0 Å². The molecule has 2 N–H and O–H groups in total. The Balaban J connectivity index is 1.90. The van der Waals surface area contributed by atoms with Gasteiger partial charge in [-0.2, -0.15) is 0 Å². The molecular formula is C21H19ClN2O5S. The quantitative estimate of drug-likeness (QED) is 0.560. The van der Waals surface area contributed by atoms with Gasteiger partial charge in [-0.15, -0.1) is 0 Å². The maximum absolute atomic E-state index is 12.9. The summed E-state index contributed by atoms with van der Waals surface area (Å²) in [5.74, 6) is 0.450. The SMILES string of the molecule is COc1ccc(NC(=O)c2ccccc2NS(=O)(=O)c2ccccc2Cl)c(OC)c1. The van der Waals surface area contributed by atoms with E-state index in [-0.39, 0.29) is 21.2 Å². The topological polar surface area (TPSA) is 93.7 Å². The summed E-state index contributed by atoms with van der Waals surface area (Å²) in [5, 5.41) is 2.80. The monoisotopic (exact) mass is 446 g/mol. The molecule has 0 atom stereocenters. The molecule has 3 rings (SSSR count). The van der Waals surface area contributed by atoms with Crippen molar-refractivity contribution in [3.8, 4) is 11.5 Å². The first kappa shape index (κ1) is 21.5. The molecule has 9 heteroatoms. The van der Waals surface area contributed by atoms with Crippen molar-refractivity contribution < 1.29 is 22.7 Å². The summed E-state index contributed by atoms with van der Waals surface area (Å²) in [6.07, 6.45) is 0. The molecule has 7 nitrogen and oxygen atoms in total. The molecule has 156 valence electrons. The number of rotatable bonds is 7. The second-order valence-corrected chi connectivity index (χ2v) is 8.16. The second-order valence-electron chi connectivity index (χ2n) is 6.10. The average molecular weight is 447 g/mol. The minimum Gasteiger partial charge on any atom is -0.497 e. The van der Waals surface area contributed by atoms with Crippen molar-refractivity contribution in [3.05, 3.63) is 77.3 Å². The van der Waals surface area contributed by atoms with Gasteiger partial charge < -0.3 is 14.8 Å². The highest BCUT2D eigenvalue weighted by Gasteiger charge is 2.21. The van der Waals surface area contributed by atoms with Crippen LogP contribution >= 0.6 is 11.6 Å². The summed E-state index contributed by atoms with van der Waals surface area (Å²) in [4.78, 5) is 12.8. The lowest BCUT2D eigenvalue weighted by Gasteiger charge is -2.15. The molecule has 0 heterocycles. The van der Waals surface area contributed by atoms with Crippen molar-refractivity contribution in [2.75, 3.05) is 24.3 Å². The molecule has 0 radical (unpaired) electrons. The van der Waals surface area contributed by atoms with Gasteiger partial charge >= 0.3 is 0 Å². The van der Waals surface area contributed by atoms with Gasteiger partial charge in [0.1, 0.15) is 16.4 Å². The van der Waals surface area contributed by atoms with E-state index in [2.05, 4.69) is 10.0 Å². The van der Waals surface area contributed by atoms with Crippen LogP contribution < -0.4 is 19.5 Å². The third kappa shape index (κ3) is 4.67. The van der Waals surface area contributed by atoms with Gasteiger partial charge in [0.15, 0.2) is 0 Å². The predicted molar refractivity (Wildman–Crippen MR) is 116 cm³/mol. The number of methoxy groups -OCH3 is 2. The molecule has 0 saturated carbocycles. The Kier molecular flexibility index (Phi) is 6.49. The normalized spacial score (nSPS) is 10.9.